The molecule has 3 atom stereocenters. The van der Waals surface area contributed by atoms with Crippen molar-refractivity contribution in [2.75, 3.05) is 12.3 Å². The minimum absolute atomic E-state index is 0.111. The summed E-state index contributed by atoms with van der Waals surface area (Å²) in [5.41, 5.74) is 1.99. The second-order valence-corrected chi connectivity index (χ2v) is 8.43. The van der Waals surface area contributed by atoms with Crippen molar-refractivity contribution in [2.24, 2.45) is 5.92 Å². The van der Waals surface area contributed by atoms with Gasteiger partial charge in [-0.3, -0.25) is 9.35 Å². The van der Waals surface area contributed by atoms with Crippen molar-refractivity contribution in [3.63, 3.8) is 0 Å². The molecule has 3 N–H and O–H groups in total. The van der Waals surface area contributed by atoms with Gasteiger partial charge in [-0.2, -0.15) is 8.42 Å². The Morgan fingerprint density at radius 2 is 1.88 bits per heavy atom. The highest BCUT2D eigenvalue weighted by Crippen LogP contribution is 2.28. The number of carbonyl (C=O) groups excluding carboxylic acids is 1. The zero-order chi connectivity index (χ0) is 18.4. The number of amides is 1. The molecule has 7 heteroatoms. The summed E-state index contributed by atoms with van der Waals surface area (Å²) in [6, 6.07) is 7.77. The van der Waals surface area contributed by atoms with Crippen LogP contribution in [0.4, 0.5) is 0 Å². The molecule has 0 aromatic heterocycles. The Kier molecular flexibility index (Phi) is 6.98. The first-order chi connectivity index (χ1) is 11.8. The fraction of sp³-hybridized carbons (Fsp3) is 0.611. The number of hydrogen-bond donors (Lipinski definition) is 3. The molecule has 6 nitrogen and oxygen atoms in total. The molecular weight excluding hydrogens is 342 g/mol. The Hall–Kier alpha value is -1.44. The molecule has 1 amide bonds. The van der Waals surface area contributed by atoms with Gasteiger partial charge in [-0.25, -0.2) is 0 Å². The van der Waals surface area contributed by atoms with Crippen LogP contribution in [0.5, 0.6) is 0 Å². The molecule has 140 valence electrons. The first-order valence-electron chi connectivity index (χ1n) is 8.76. The van der Waals surface area contributed by atoms with Gasteiger partial charge in [0.2, 0.25) is 5.91 Å². The van der Waals surface area contributed by atoms with Crippen LogP contribution < -0.4 is 5.32 Å². The Balaban J connectivity index is 1.88. The SMILES string of the molecule is C[C@@H](C(=O)NCCS(=O)(=O)O)c1ccc(C[C@H]2CCCC[C@@H]2O)cc1. The molecule has 0 unspecified atom stereocenters. The van der Waals surface area contributed by atoms with E-state index in [0.717, 1.165) is 36.8 Å². The largest absolute Gasteiger partial charge is 0.393 e. The van der Waals surface area contributed by atoms with E-state index < -0.39 is 21.8 Å². The lowest BCUT2D eigenvalue weighted by atomic mass is 9.82. The zero-order valence-corrected chi connectivity index (χ0v) is 15.3. The lowest BCUT2D eigenvalue weighted by Gasteiger charge is -2.27. The fourth-order valence-electron chi connectivity index (χ4n) is 3.28. The summed E-state index contributed by atoms with van der Waals surface area (Å²) < 4.78 is 30.0. The minimum atomic E-state index is -4.07. The van der Waals surface area contributed by atoms with Gasteiger partial charge < -0.3 is 10.4 Å². The van der Waals surface area contributed by atoms with Crippen molar-refractivity contribution in [1.82, 2.24) is 5.32 Å². The maximum Gasteiger partial charge on any atom is 0.266 e. The lowest BCUT2D eigenvalue weighted by molar-refractivity contribution is -0.122. The number of aliphatic hydroxyl groups excluding tert-OH is 1. The Bertz CT molecular complexity index is 671. The lowest BCUT2D eigenvalue weighted by Crippen LogP contribution is -2.32. The van der Waals surface area contributed by atoms with Gasteiger partial charge in [0.25, 0.3) is 10.1 Å². The van der Waals surface area contributed by atoms with E-state index in [0.29, 0.717) is 5.92 Å². The molecule has 0 spiro atoms. The van der Waals surface area contributed by atoms with Gasteiger partial charge in [0.05, 0.1) is 17.8 Å². The summed E-state index contributed by atoms with van der Waals surface area (Å²) in [4.78, 5) is 12.1. The molecule has 1 saturated carbocycles. The summed E-state index contributed by atoms with van der Waals surface area (Å²) >= 11 is 0. The maximum absolute atomic E-state index is 12.1. The molecule has 1 fully saturated rings. The number of carbonyl (C=O) groups is 1. The molecule has 1 aromatic carbocycles. The summed E-state index contributed by atoms with van der Waals surface area (Å²) in [7, 11) is -4.07. The van der Waals surface area contributed by atoms with Gasteiger partial charge in [-0.1, -0.05) is 37.1 Å². The van der Waals surface area contributed by atoms with Crippen molar-refractivity contribution in [1.29, 1.82) is 0 Å². The molecule has 1 aromatic rings. The van der Waals surface area contributed by atoms with Crippen LogP contribution in [0.15, 0.2) is 24.3 Å². The van der Waals surface area contributed by atoms with Gasteiger partial charge >= 0.3 is 0 Å². The van der Waals surface area contributed by atoms with Gasteiger partial charge in [-0.15, -0.1) is 0 Å². The quantitative estimate of drug-likeness (QED) is 0.637. The number of rotatable bonds is 7. The average Bonchev–Trinajstić information content (AvgIpc) is 2.56. The maximum atomic E-state index is 12.1. The van der Waals surface area contributed by atoms with Crippen molar-refractivity contribution >= 4 is 16.0 Å². The van der Waals surface area contributed by atoms with E-state index in [1.807, 2.05) is 24.3 Å². The number of benzene rings is 1. The topological polar surface area (TPSA) is 104 Å². The van der Waals surface area contributed by atoms with Crippen LogP contribution in [0, 0.1) is 5.92 Å². The molecule has 0 aliphatic heterocycles. The highest BCUT2D eigenvalue weighted by Gasteiger charge is 2.23. The molecule has 25 heavy (non-hydrogen) atoms. The summed E-state index contributed by atoms with van der Waals surface area (Å²) in [6.45, 7) is 1.64. The average molecular weight is 369 g/mol. The van der Waals surface area contributed by atoms with Gasteiger partial charge in [0.1, 0.15) is 0 Å². The van der Waals surface area contributed by atoms with Crippen molar-refractivity contribution in [3.8, 4) is 0 Å². The van der Waals surface area contributed by atoms with Crippen molar-refractivity contribution in [3.05, 3.63) is 35.4 Å². The predicted octanol–water partition coefficient (Wildman–Crippen LogP) is 1.89. The van der Waals surface area contributed by atoms with Crippen molar-refractivity contribution in [2.45, 2.75) is 51.0 Å². The first kappa shape index (κ1) is 19.9. The van der Waals surface area contributed by atoms with Crippen LogP contribution in [0.3, 0.4) is 0 Å². The third-order valence-electron chi connectivity index (χ3n) is 4.90. The van der Waals surface area contributed by atoms with Gasteiger partial charge in [-0.05, 0) is 43.2 Å². The van der Waals surface area contributed by atoms with E-state index in [1.54, 1.807) is 6.92 Å². The highest BCUT2D eigenvalue weighted by atomic mass is 32.2. The standard InChI is InChI=1S/C18H27NO5S/c1-13(18(21)19-10-11-25(22,23)24)15-8-6-14(7-9-15)12-16-4-2-3-5-17(16)20/h6-9,13,16-17,20H,2-5,10-12H2,1H3,(H,19,21)(H,22,23,24)/t13-,16-,17+/m1/s1. The van der Waals surface area contributed by atoms with Crippen LogP contribution in [0.1, 0.15) is 49.7 Å². The van der Waals surface area contributed by atoms with E-state index in [1.165, 1.54) is 6.42 Å². The Labute approximate surface area is 149 Å². The minimum Gasteiger partial charge on any atom is -0.393 e. The fourth-order valence-corrected chi connectivity index (χ4v) is 3.64. The third kappa shape index (κ3) is 6.41. The van der Waals surface area contributed by atoms with E-state index in [9.17, 15) is 18.3 Å². The van der Waals surface area contributed by atoms with E-state index in [4.69, 9.17) is 4.55 Å². The Morgan fingerprint density at radius 3 is 2.48 bits per heavy atom. The van der Waals surface area contributed by atoms with Crippen LogP contribution in [0.2, 0.25) is 0 Å². The first-order valence-corrected chi connectivity index (χ1v) is 10.4. The molecule has 1 aliphatic carbocycles. The molecule has 0 saturated heterocycles. The van der Waals surface area contributed by atoms with Gasteiger partial charge in [0.15, 0.2) is 0 Å². The predicted molar refractivity (Wildman–Crippen MR) is 96.0 cm³/mol. The molecule has 0 bridgehead atoms. The summed E-state index contributed by atoms with van der Waals surface area (Å²) in [5, 5.41) is 12.6. The zero-order valence-electron chi connectivity index (χ0n) is 14.5. The van der Waals surface area contributed by atoms with E-state index in [2.05, 4.69) is 5.32 Å². The molecular formula is C18H27NO5S. The second-order valence-electron chi connectivity index (χ2n) is 6.86. The highest BCUT2D eigenvalue weighted by molar-refractivity contribution is 7.85. The molecule has 0 heterocycles. The number of aliphatic hydroxyl groups is 1. The summed E-state index contributed by atoms with van der Waals surface area (Å²) in [5.74, 6) is -0.871. The van der Waals surface area contributed by atoms with Crippen LogP contribution in [0.25, 0.3) is 0 Å². The summed E-state index contributed by atoms with van der Waals surface area (Å²) in [6.07, 6.45) is 4.82. The third-order valence-corrected chi connectivity index (χ3v) is 5.62. The number of hydrogen-bond acceptors (Lipinski definition) is 4. The number of nitrogens with one attached hydrogen (secondary N) is 1. The smallest absolute Gasteiger partial charge is 0.266 e. The van der Waals surface area contributed by atoms with Crippen LogP contribution >= 0.6 is 0 Å². The van der Waals surface area contributed by atoms with E-state index >= 15 is 0 Å². The van der Waals surface area contributed by atoms with E-state index in [-0.39, 0.29) is 18.6 Å². The Morgan fingerprint density at radius 1 is 1.24 bits per heavy atom. The molecule has 2 rings (SSSR count). The monoisotopic (exact) mass is 369 g/mol. The van der Waals surface area contributed by atoms with Crippen molar-refractivity contribution < 1.29 is 22.9 Å². The molecule has 1 aliphatic rings. The van der Waals surface area contributed by atoms with Crippen LogP contribution in [-0.2, 0) is 21.3 Å². The van der Waals surface area contributed by atoms with Gasteiger partial charge in [0, 0.05) is 6.54 Å². The normalized spacial score (nSPS) is 22.4. The second kappa shape index (κ2) is 8.78. The molecule has 0 radical (unpaired) electrons. The van der Waals surface area contributed by atoms with Crippen LogP contribution in [-0.4, -0.2) is 42.4 Å².